The van der Waals surface area contributed by atoms with Crippen LogP contribution in [0.5, 0.6) is 0 Å². The number of carbonyl (C=O) groups excluding carboxylic acids is 1. The van der Waals surface area contributed by atoms with Crippen molar-refractivity contribution in [3.63, 3.8) is 0 Å². The van der Waals surface area contributed by atoms with E-state index >= 15 is 0 Å². The van der Waals surface area contributed by atoms with E-state index in [1.807, 2.05) is 48.5 Å². The minimum Gasteiger partial charge on any atom is -0.444 e. The monoisotopic (exact) mass is 449 g/mol. The Morgan fingerprint density at radius 2 is 1.78 bits per heavy atom. The van der Waals surface area contributed by atoms with Crippen LogP contribution in [-0.4, -0.2) is 61.3 Å². The highest BCUT2D eigenvalue weighted by Gasteiger charge is 2.52. The van der Waals surface area contributed by atoms with Gasteiger partial charge in [-0.3, -0.25) is 4.99 Å². The molecule has 1 saturated heterocycles. The number of halogens is 1. The van der Waals surface area contributed by atoms with Crippen molar-refractivity contribution < 1.29 is 23.2 Å². The molecule has 0 saturated carbocycles. The third kappa shape index (κ3) is 6.01. The van der Waals surface area contributed by atoms with Gasteiger partial charge in [0.15, 0.2) is 0 Å². The van der Waals surface area contributed by atoms with Gasteiger partial charge >= 0.3 is 13.2 Å². The van der Waals surface area contributed by atoms with Gasteiger partial charge in [-0.1, -0.05) is 0 Å². The molecule has 1 aliphatic rings. The summed E-state index contributed by atoms with van der Waals surface area (Å²) in [6.07, 6.45) is 0.778. The molecule has 1 fully saturated rings. The average Bonchev–Trinajstić information content (AvgIpc) is 2.84. The molecule has 7 nitrogen and oxygen atoms in total. The van der Waals surface area contributed by atoms with Gasteiger partial charge in [0.1, 0.15) is 11.4 Å². The minimum atomic E-state index is -0.769. The van der Waals surface area contributed by atoms with E-state index < -0.39 is 29.7 Å². The number of rotatable bonds is 6. The summed E-state index contributed by atoms with van der Waals surface area (Å²) in [5.74, 6) is -0.462. The van der Waals surface area contributed by atoms with E-state index in [0.717, 1.165) is 0 Å². The maximum absolute atomic E-state index is 14.3. The molecule has 1 aromatic carbocycles. The Kier molecular flexibility index (Phi) is 7.67. The summed E-state index contributed by atoms with van der Waals surface area (Å²) in [7, 11) is 2.59. The predicted molar refractivity (Wildman–Crippen MR) is 127 cm³/mol. The molecule has 0 aromatic heterocycles. The Bertz CT molecular complexity index is 865. The van der Waals surface area contributed by atoms with E-state index in [9.17, 15) is 9.18 Å². The number of anilines is 1. The van der Waals surface area contributed by atoms with Crippen LogP contribution in [0.15, 0.2) is 17.1 Å². The van der Waals surface area contributed by atoms with Crippen LogP contribution in [0.2, 0.25) is 0 Å². The summed E-state index contributed by atoms with van der Waals surface area (Å²) in [5.41, 5.74) is 6.64. The molecule has 0 aliphatic carbocycles. The second kappa shape index (κ2) is 9.39. The van der Waals surface area contributed by atoms with E-state index in [0.29, 0.717) is 36.1 Å². The number of amides is 1. The van der Waals surface area contributed by atoms with Crippen LogP contribution in [0.1, 0.15) is 66.9 Å². The van der Waals surface area contributed by atoms with Gasteiger partial charge in [-0.2, -0.15) is 0 Å². The molecule has 2 N–H and O–H groups in total. The molecule has 1 aliphatic heterocycles. The molecule has 1 heterocycles. The van der Waals surface area contributed by atoms with E-state index in [2.05, 4.69) is 4.99 Å². The normalized spacial score (nSPS) is 18.1. The Morgan fingerprint density at radius 1 is 1.22 bits per heavy atom. The third-order valence-corrected chi connectivity index (χ3v) is 5.84. The number of benzene rings is 1. The highest BCUT2D eigenvalue weighted by Crippen LogP contribution is 2.37. The topological polar surface area (TPSA) is 86.4 Å². The van der Waals surface area contributed by atoms with Crippen LogP contribution >= 0.6 is 0 Å². The zero-order valence-corrected chi connectivity index (χ0v) is 20.8. The van der Waals surface area contributed by atoms with Crippen LogP contribution in [0.25, 0.3) is 0 Å². The first-order valence-corrected chi connectivity index (χ1v) is 10.9. The first kappa shape index (κ1) is 26.1. The molecule has 0 spiro atoms. The molecule has 32 heavy (non-hydrogen) atoms. The Balaban J connectivity index is 2.22. The molecular formula is C23H37BFN3O4. The van der Waals surface area contributed by atoms with Crippen molar-refractivity contribution >= 4 is 30.1 Å². The van der Waals surface area contributed by atoms with E-state index in [1.54, 1.807) is 14.1 Å². The van der Waals surface area contributed by atoms with Crippen LogP contribution < -0.4 is 11.2 Å². The molecule has 0 bridgehead atoms. The van der Waals surface area contributed by atoms with Crippen molar-refractivity contribution in [2.75, 3.05) is 26.4 Å². The predicted octanol–water partition coefficient (Wildman–Crippen LogP) is 3.77. The van der Waals surface area contributed by atoms with E-state index in [1.165, 1.54) is 17.0 Å². The number of nitrogen functional groups attached to an aromatic ring is 1. The zero-order valence-electron chi connectivity index (χ0n) is 20.8. The molecular weight excluding hydrogens is 412 g/mol. The first-order chi connectivity index (χ1) is 14.6. The lowest BCUT2D eigenvalue weighted by molar-refractivity contribution is 0.00578. The average molecular weight is 449 g/mol. The Morgan fingerprint density at radius 3 is 2.28 bits per heavy atom. The number of nitrogens with zero attached hydrogens (tertiary/aromatic N) is 2. The number of hydrogen-bond acceptors (Lipinski definition) is 6. The summed E-state index contributed by atoms with van der Waals surface area (Å²) in [6.45, 7) is 13.7. The summed E-state index contributed by atoms with van der Waals surface area (Å²) in [5, 5.41) is 0. The fourth-order valence-electron chi connectivity index (χ4n) is 3.40. The SMILES string of the molecule is CN=C(CCCN(C)C(=O)OC(C)(C)C)c1c(N)cc(F)cc1B1OC(C)(C)C(C)(C)O1. The van der Waals surface area contributed by atoms with Gasteiger partial charge in [0, 0.05) is 37.6 Å². The fraction of sp³-hybridized carbons (Fsp3) is 0.652. The molecule has 0 unspecified atom stereocenters. The molecule has 0 atom stereocenters. The molecule has 0 radical (unpaired) electrons. The second-order valence-corrected chi connectivity index (χ2v) is 10.2. The van der Waals surface area contributed by atoms with Crippen molar-refractivity contribution in [2.24, 2.45) is 4.99 Å². The lowest BCUT2D eigenvalue weighted by atomic mass is 9.73. The van der Waals surface area contributed by atoms with Crippen LogP contribution in [0, 0.1) is 5.82 Å². The standard InChI is InChI=1S/C23H37BFN3O4/c1-21(2,3)30-20(29)28(9)12-10-11-18(27-8)19-16(13-15(25)14-17(19)26)24-31-22(4,5)23(6,7)32-24/h13-14H,10-12,26H2,1-9H3. The van der Waals surface area contributed by atoms with Crippen LogP contribution in [0.4, 0.5) is 14.9 Å². The number of hydrogen-bond donors (Lipinski definition) is 1. The molecule has 2 rings (SSSR count). The highest BCUT2D eigenvalue weighted by atomic mass is 19.1. The van der Waals surface area contributed by atoms with Gasteiger partial charge in [0.25, 0.3) is 0 Å². The second-order valence-electron chi connectivity index (χ2n) is 10.2. The Labute approximate surface area is 191 Å². The van der Waals surface area contributed by atoms with Crippen molar-refractivity contribution in [1.29, 1.82) is 0 Å². The molecule has 1 aromatic rings. The smallest absolute Gasteiger partial charge is 0.444 e. The molecule has 1 amide bonds. The fourth-order valence-corrected chi connectivity index (χ4v) is 3.40. The lowest BCUT2D eigenvalue weighted by Gasteiger charge is -2.32. The van der Waals surface area contributed by atoms with Crippen molar-refractivity contribution in [3.8, 4) is 0 Å². The van der Waals surface area contributed by atoms with Gasteiger partial charge in [-0.25, -0.2) is 9.18 Å². The Hall–Kier alpha value is -2.13. The summed E-state index contributed by atoms with van der Waals surface area (Å²) >= 11 is 0. The summed E-state index contributed by atoms with van der Waals surface area (Å²) < 4.78 is 32.0. The number of carbonyl (C=O) groups is 1. The minimum absolute atomic E-state index is 0.274. The van der Waals surface area contributed by atoms with Crippen molar-refractivity contribution in [2.45, 2.75) is 78.1 Å². The van der Waals surface area contributed by atoms with E-state index in [-0.39, 0.29) is 11.8 Å². The van der Waals surface area contributed by atoms with Crippen LogP contribution in [0.3, 0.4) is 0 Å². The summed E-state index contributed by atoms with van der Waals surface area (Å²) in [6, 6.07) is 2.67. The van der Waals surface area contributed by atoms with Gasteiger partial charge in [0.2, 0.25) is 0 Å². The van der Waals surface area contributed by atoms with Crippen LogP contribution in [-0.2, 0) is 14.0 Å². The molecule has 9 heteroatoms. The molecule has 178 valence electrons. The largest absolute Gasteiger partial charge is 0.495 e. The first-order valence-electron chi connectivity index (χ1n) is 10.9. The van der Waals surface area contributed by atoms with Gasteiger partial charge in [-0.15, -0.1) is 0 Å². The quantitative estimate of drug-likeness (QED) is 0.406. The zero-order chi connectivity index (χ0) is 24.5. The van der Waals surface area contributed by atoms with Gasteiger partial charge in [0.05, 0.1) is 11.2 Å². The van der Waals surface area contributed by atoms with E-state index in [4.69, 9.17) is 19.8 Å². The number of aliphatic imine (C=N–C) groups is 1. The number of ether oxygens (including phenoxy) is 1. The maximum atomic E-state index is 14.3. The van der Waals surface area contributed by atoms with Crippen molar-refractivity contribution in [1.82, 2.24) is 4.90 Å². The summed E-state index contributed by atoms with van der Waals surface area (Å²) in [4.78, 5) is 18.1. The maximum Gasteiger partial charge on any atom is 0.495 e. The van der Waals surface area contributed by atoms with Gasteiger partial charge < -0.3 is 24.7 Å². The van der Waals surface area contributed by atoms with Gasteiger partial charge in [-0.05, 0) is 78.9 Å². The highest BCUT2D eigenvalue weighted by molar-refractivity contribution is 6.64. The lowest BCUT2D eigenvalue weighted by Crippen LogP contribution is -2.41. The van der Waals surface area contributed by atoms with Crippen molar-refractivity contribution in [3.05, 3.63) is 23.5 Å². The number of nitrogens with two attached hydrogens (primary N) is 1. The third-order valence-electron chi connectivity index (χ3n) is 5.84.